The Kier molecular flexibility index (Phi) is 2.03. The Morgan fingerprint density at radius 3 is 1.80 bits per heavy atom. The summed E-state index contributed by atoms with van der Waals surface area (Å²) in [4.78, 5) is 0. The summed E-state index contributed by atoms with van der Waals surface area (Å²) in [5, 5.41) is 0. The maximum Gasteiger partial charge on any atom is 0.268 e. The molecule has 0 amide bonds. The molecule has 0 spiro atoms. The van der Waals surface area contributed by atoms with Gasteiger partial charge < -0.3 is 0 Å². The second-order valence-corrected chi connectivity index (χ2v) is 2.99. The van der Waals surface area contributed by atoms with Gasteiger partial charge in [0.15, 0.2) is 0 Å². The molecule has 0 aliphatic carbocycles. The summed E-state index contributed by atoms with van der Waals surface area (Å²) in [5.41, 5.74) is 0. The van der Waals surface area contributed by atoms with Gasteiger partial charge >= 0.3 is 0 Å². The molecule has 0 radical (unpaired) electrons. The summed E-state index contributed by atoms with van der Waals surface area (Å²) < 4.78 is 36.9. The fraction of sp³-hybridized carbons (Fsp3) is 0. The largest absolute Gasteiger partial charge is 0.268 e. The van der Waals surface area contributed by atoms with Crippen molar-refractivity contribution < 1.29 is 13.2 Å². The van der Waals surface area contributed by atoms with E-state index < -0.39 is 17.5 Å². The van der Waals surface area contributed by atoms with Crippen LogP contribution in [0.1, 0.15) is 0 Å². The summed E-state index contributed by atoms with van der Waals surface area (Å²) in [6.45, 7) is 0. The van der Waals surface area contributed by atoms with E-state index in [1.54, 1.807) is 0 Å². The Hall–Kier alpha value is -0.458. The van der Waals surface area contributed by atoms with E-state index in [2.05, 4.69) is 0 Å². The summed E-state index contributed by atoms with van der Waals surface area (Å²) >= 11 is 0.260. The average molecular weight is 160 g/mol. The van der Waals surface area contributed by atoms with Gasteiger partial charge in [-0.25, -0.2) is 13.2 Å². The Morgan fingerprint density at radius 2 is 1.40 bits per heavy atom. The van der Waals surface area contributed by atoms with Crippen LogP contribution in [0.2, 0.25) is 0 Å². The molecule has 0 saturated carbocycles. The van der Waals surface area contributed by atoms with Crippen LogP contribution in [-0.2, 0) is 0 Å². The van der Waals surface area contributed by atoms with E-state index in [0.29, 0.717) is 12.1 Å². The van der Waals surface area contributed by atoms with E-state index in [1.807, 2.05) is 0 Å². The van der Waals surface area contributed by atoms with Gasteiger partial charge in [-0.15, -0.1) is 0 Å². The number of rotatable bonds is 0. The van der Waals surface area contributed by atoms with E-state index in [4.69, 9.17) is 0 Å². The standard InChI is InChI=1S/C6H2F3.Al.2H/c7-4-1-5(8)3-6(9)2-4;;;/h1-2H;;;. The van der Waals surface area contributed by atoms with Crippen molar-refractivity contribution in [1.82, 2.24) is 0 Å². The van der Waals surface area contributed by atoms with Crippen LogP contribution in [0.3, 0.4) is 0 Å². The van der Waals surface area contributed by atoms with Crippen LogP contribution < -0.4 is 4.43 Å². The quantitative estimate of drug-likeness (QED) is 0.481. The van der Waals surface area contributed by atoms with E-state index in [0.717, 1.165) is 0 Å². The van der Waals surface area contributed by atoms with Crippen molar-refractivity contribution in [2.45, 2.75) is 0 Å². The maximum absolute atomic E-state index is 12.4. The Morgan fingerprint density at radius 1 is 1.00 bits per heavy atom. The normalized spacial score (nSPS) is 9.90. The summed E-state index contributed by atoms with van der Waals surface area (Å²) in [7, 11) is 0. The maximum atomic E-state index is 12.4. The van der Waals surface area contributed by atoms with E-state index >= 15 is 0 Å². The SMILES string of the molecule is Fc1cc(F)[c]([AlH2])c(F)c1. The van der Waals surface area contributed by atoms with Gasteiger partial charge in [-0.2, -0.15) is 0 Å². The zero-order valence-corrected chi connectivity index (χ0v) is 7.29. The molecule has 0 fully saturated rings. The zero-order chi connectivity index (χ0) is 7.72. The monoisotopic (exact) mass is 160 g/mol. The minimum atomic E-state index is -0.866. The number of halogens is 3. The first-order chi connectivity index (χ1) is 4.61. The fourth-order valence-electron chi connectivity index (χ4n) is 0.614. The van der Waals surface area contributed by atoms with Crippen LogP contribution in [0.5, 0.6) is 0 Å². The molecule has 0 unspecified atom stereocenters. The summed E-state index contributed by atoms with van der Waals surface area (Å²) in [5.74, 6) is -2.44. The first-order valence-electron chi connectivity index (χ1n) is 2.72. The molecule has 1 aromatic carbocycles. The lowest BCUT2D eigenvalue weighted by Gasteiger charge is -1.97. The Bertz CT molecular complexity index is 236. The van der Waals surface area contributed by atoms with Crippen LogP contribution in [0.4, 0.5) is 13.2 Å². The van der Waals surface area contributed by atoms with Crippen molar-refractivity contribution in [1.29, 1.82) is 0 Å². The summed E-state index contributed by atoms with van der Waals surface area (Å²) in [6.07, 6.45) is 0. The van der Waals surface area contributed by atoms with Gasteiger partial charge in [0.2, 0.25) is 0 Å². The van der Waals surface area contributed by atoms with Crippen molar-refractivity contribution in [3.8, 4) is 0 Å². The van der Waals surface area contributed by atoms with Crippen LogP contribution in [-0.4, -0.2) is 16.3 Å². The molecule has 0 N–H and O–H groups in total. The smallest absolute Gasteiger partial charge is 0.208 e. The molecule has 0 bridgehead atoms. The average Bonchev–Trinajstić information content (AvgIpc) is 1.82. The van der Waals surface area contributed by atoms with Crippen molar-refractivity contribution in [2.75, 3.05) is 0 Å². The van der Waals surface area contributed by atoms with Crippen molar-refractivity contribution in [2.24, 2.45) is 0 Å². The third kappa shape index (κ3) is 1.34. The highest BCUT2D eigenvalue weighted by Gasteiger charge is 2.04. The molecule has 52 valence electrons. The second-order valence-electron chi connectivity index (χ2n) is 1.99. The van der Waals surface area contributed by atoms with Crippen molar-refractivity contribution in [3.63, 3.8) is 0 Å². The molecule has 0 atom stereocenters. The zero-order valence-electron chi connectivity index (χ0n) is 5.29. The van der Waals surface area contributed by atoms with E-state index in [-0.39, 0.29) is 20.7 Å². The Balaban J connectivity index is 3.31. The van der Waals surface area contributed by atoms with Crippen molar-refractivity contribution in [3.05, 3.63) is 29.6 Å². The van der Waals surface area contributed by atoms with Crippen LogP contribution >= 0.6 is 0 Å². The molecule has 0 nitrogen and oxygen atoms in total. The topological polar surface area (TPSA) is 0 Å². The first kappa shape index (κ1) is 7.65. The number of hydrogen-bond donors (Lipinski definition) is 0. The molecule has 1 aromatic rings. The van der Waals surface area contributed by atoms with E-state index in [1.165, 1.54) is 0 Å². The van der Waals surface area contributed by atoms with Gasteiger partial charge in [-0.1, -0.05) is 4.43 Å². The van der Waals surface area contributed by atoms with Gasteiger partial charge in [-0.05, 0) is 0 Å². The number of benzene rings is 1. The highest BCUT2D eigenvalue weighted by Crippen LogP contribution is 2.01. The predicted molar refractivity (Wildman–Crippen MR) is 34.5 cm³/mol. The molecule has 1 rings (SSSR count). The van der Waals surface area contributed by atoms with Gasteiger partial charge in [0.25, 0.3) is 16.3 Å². The molecule has 0 aliphatic rings. The van der Waals surface area contributed by atoms with Gasteiger partial charge in [0.1, 0.15) is 17.5 Å². The molecular formula is C6H4AlF3. The third-order valence-corrected chi connectivity index (χ3v) is 2.20. The third-order valence-electron chi connectivity index (χ3n) is 1.25. The van der Waals surface area contributed by atoms with Crippen LogP contribution in [0, 0.1) is 17.5 Å². The molecule has 4 heteroatoms. The molecule has 0 aliphatic heterocycles. The van der Waals surface area contributed by atoms with Crippen LogP contribution in [0.15, 0.2) is 12.1 Å². The fourth-order valence-corrected chi connectivity index (χ4v) is 0.903. The Labute approximate surface area is 64.1 Å². The van der Waals surface area contributed by atoms with Crippen LogP contribution in [0.25, 0.3) is 0 Å². The molecule has 0 heterocycles. The highest BCUT2D eigenvalue weighted by molar-refractivity contribution is 6.32. The molecule has 0 saturated heterocycles. The lowest BCUT2D eigenvalue weighted by Crippen LogP contribution is -2.13. The highest BCUT2D eigenvalue weighted by atomic mass is 27.0. The summed E-state index contributed by atoms with van der Waals surface area (Å²) in [6, 6.07) is 1.37. The van der Waals surface area contributed by atoms with Gasteiger partial charge in [0.05, 0.1) is 0 Å². The minimum Gasteiger partial charge on any atom is -0.208 e. The van der Waals surface area contributed by atoms with E-state index in [9.17, 15) is 13.2 Å². The second kappa shape index (κ2) is 2.65. The van der Waals surface area contributed by atoms with Gasteiger partial charge in [-0.3, -0.25) is 0 Å². The van der Waals surface area contributed by atoms with Gasteiger partial charge in [0, 0.05) is 12.1 Å². The minimum absolute atomic E-state index is 0.0126. The van der Waals surface area contributed by atoms with Crippen molar-refractivity contribution >= 4 is 20.7 Å². The number of hydrogen-bond acceptors (Lipinski definition) is 0. The lowest BCUT2D eigenvalue weighted by atomic mass is 10.3. The molecular weight excluding hydrogens is 156 g/mol. The predicted octanol–water partition coefficient (Wildman–Crippen LogP) is 0.362. The molecule has 0 aromatic heterocycles. The molecule has 10 heavy (non-hydrogen) atoms. The lowest BCUT2D eigenvalue weighted by molar-refractivity contribution is 0.553. The first-order valence-corrected chi connectivity index (χ1v) is 3.72.